The molecule has 0 bridgehead atoms. The third-order valence-electron chi connectivity index (χ3n) is 4.40. The van der Waals surface area contributed by atoms with E-state index in [-0.39, 0.29) is 22.2 Å². The molecule has 4 nitrogen and oxygen atoms in total. The van der Waals surface area contributed by atoms with Crippen molar-refractivity contribution in [2.45, 2.75) is 29.7 Å². The van der Waals surface area contributed by atoms with Crippen LogP contribution in [0.5, 0.6) is 0 Å². The zero-order valence-corrected chi connectivity index (χ0v) is 15.1. The second kappa shape index (κ2) is 6.44. The summed E-state index contributed by atoms with van der Waals surface area (Å²) in [6.45, 7) is 3.36. The van der Waals surface area contributed by atoms with Gasteiger partial charge < -0.3 is 9.73 Å². The zero-order valence-electron chi connectivity index (χ0n) is 13.5. The molecule has 7 heteroatoms. The summed E-state index contributed by atoms with van der Waals surface area (Å²) in [5.41, 5.74) is 2.54. The molecule has 4 rings (SSSR count). The molecule has 2 heterocycles. The van der Waals surface area contributed by atoms with Gasteiger partial charge in [0.1, 0.15) is 17.2 Å². The molecule has 0 saturated carbocycles. The van der Waals surface area contributed by atoms with E-state index < -0.39 is 15.7 Å². The molecule has 0 spiro atoms. The first-order valence-corrected chi connectivity index (χ1v) is 9.21. The largest absolute Gasteiger partial charge is 0.460 e. The van der Waals surface area contributed by atoms with E-state index in [9.17, 15) is 12.8 Å². The van der Waals surface area contributed by atoms with Crippen molar-refractivity contribution in [3.05, 3.63) is 59.1 Å². The Bertz CT molecular complexity index is 1040. The van der Waals surface area contributed by atoms with Gasteiger partial charge in [0.05, 0.1) is 9.79 Å². The van der Waals surface area contributed by atoms with E-state index in [0.29, 0.717) is 6.54 Å². The summed E-state index contributed by atoms with van der Waals surface area (Å²) in [5.74, 6) is 0.457. The minimum Gasteiger partial charge on any atom is -0.460 e. The minimum atomic E-state index is -3.70. The Morgan fingerprint density at radius 1 is 1.12 bits per heavy atom. The van der Waals surface area contributed by atoms with E-state index in [1.807, 2.05) is 6.92 Å². The molecule has 0 amide bonds. The highest BCUT2D eigenvalue weighted by Gasteiger charge is 2.23. The molecular weight excluding hydrogens is 365 g/mol. The number of hydrogen-bond donors (Lipinski definition) is 1. The van der Waals surface area contributed by atoms with Crippen LogP contribution in [0.25, 0.3) is 11.0 Å². The first kappa shape index (κ1) is 17.9. The molecule has 0 atom stereocenters. The fourth-order valence-corrected chi connectivity index (χ4v) is 4.52. The van der Waals surface area contributed by atoms with Crippen LogP contribution in [0.15, 0.2) is 50.6 Å². The van der Waals surface area contributed by atoms with Gasteiger partial charge in [0.2, 0.25) is 9.84 Å². The van der Waals surface area contributed by atoms with Crippen molar-refractivity contribution in [2.24, 2.45) is 0 Å². The van der Waals surface area contributed by atoms with Gasteiger partial charge in [0.15, 0.2) is 0 Å². The quantitative estimate of drug-likeness (QED) is 0.686. The predicted molar refractivity (Wildman–Crippen MR) is 95.5 cm³/mol. The van der Waals surface area contributed by atoms with Crippen LogP contribution in [0.4, 0.5) is 4.39 Å². The van der Waals surface area contributed by atoms with Gasteiger partial charge in [-0.1, -0.05) is 0 Å². The van der Waals surface area contributed by atoms with Gasteiger partial charge in [-0.3, -0.25) is 0 Å². The van der Waals surface area contributed by atoms with Crippen LogP contribution in [0, 0.1) is 12.7 Å². The second-order valence-corrected chi connectivity index (χ2v) is 7.95. The molecule has 1 aliphatic heterocycles. The Morgan fingerprint density at radius 2 is 1.84 bits per heavy atom. The van der Waals surface area contributed by atoms with E-state index in [0.717, 1.165) is 53.0 Å². The van der Waals surface area contributed by atoms with Gasteiger partial charge in [-0.25, -0.2) is 12.8 Å². The number of benzene rings is 2. The number of furan rings is 1. The Morgan fingerprint density at radius 3 is 2.56 bits per heavy atom. The van der Waals surface area contributed by atoms with Crippen LogP contribution >= 0.6 is 12.4 Å². The lowest BCUT2D eigenvalue weighted by Gasteiger charge is -2.11. The number of nitrogens with one attached hydrogen (secondary N) is 1. The predicted octanol–water partition coefficient (Wildman–Crippen LogP) is 3.78. The van der Waals surface area contributed by atoms with Crippen molar-refractivity contribution in [2.75, 3.05) is 6.54 Å². The number of hydrogen-bond acceptors (Lipinski definition) is 4. The second-order valence-electron chi connectivity index (χ2n) is 6.00. The highest BCUT2D eigenvalue weighted by molar-refractivity contribution is 7.91. The Labute approximate surface area is 151 Å². The van der Waals surface area contributed by atoms with Crippen LogP contribution in [-0.4, -0.2) is 15.0 Å². The molecule has 1 aliphatic rings. The standard InChI is InChI=1S/C18H16FNO3S.ClH/c1-11-8-14(24(21,22)13-4-2-12(19)3-5-13)9-15-16-10-20-7-6-17(16)23-18(11)15;/h2-5,8-9,20H,6-7,10H2,1H3;1H. The van der Waals surface area contributed by atoms with Crippen molar-refractivity contribution >= 4 is 33.2 Å². The molecule has 25 heavy (non-hydrogen) atoms. The van der Waals surface area contributed by atoms with E-state index >= 15 is 0 Å². The molecule has 0 unspecified atom stereocenters. The van der Waals surface area contributed by atoms with Gasteiger partial charge in [-0.2, -0.15) is 0 Å². The summed E-state index contributed by atoms with van der Waals surface area (Å²) in [6, 6.07) is 8.16. The van der Waals surface area contributed by atoms with Gasteiger partial charge in [0, 0.05) is 30.5 Å². The molecule has 1 N–H and O–H groups in total. The zero-order chi connectivity index (χ0) is 16.9. The molecular formula is C18H17ClFNO3S. The highest BCUT2D eigenvalue weighted by atomic mass is 35.5. The van der Waals surface area contributed by atoms with Crippen LogP contribution in [0.2, 0.25) is 0 Å². The van der Waals surface area contributed by atoms with Crippen molar-refractivity contribution in [1.29, 1.82) is 0 Å². The number of fused-ring (bicyclic) bond motifs is 3. The molecule has 132 valence electrons. The van der Waals surface area contributed by atoms with Crippen LogP contribution in [0.1, 0.15) is 16.9 Å². The maximum Gasteiger partial charge on any atom is 0.206 e. The molecule has 0 fully saturated rings. The van der Waals surface area contributed by atoms with E-state index in [1.54, 1.807) is 12.1 Å². The van der Waals surface area contributed by atoms with Gasteiger partial charge in [-0.15, -0.1) is 12.4 Å². The third-order valence-corrected chi connectivity index (χ3v) is 6.15. The van der Waals surface area contributed by atoms with Crippen LogP contribution in [0.3, 0.4) is 0 Å². The molecule has 1 aromatic heterocycles. The lowest BCUT2D eigenvalue weighted by atomic mass is 10.0. The van der Waals surface area contributed by atoms with Crippen molar-refractivity contribution in [3.8, 4) is 0 Å². The topological polar surface area (TPSA) is 59.3 Å². The SMILES string of the molecule is Cc1cc(S(=O)(=O)c2ccc(F)cc2)cc2c3c(oc12)CCNC3.Cl. The average Bonchev–Trinajstić information content (AvgIpc) is 2.95. The van der Waals surface area contributed by atoms with Gasteiger partial charge in [-0.05, 0) is 48.9 Å². The monoisotopic (exact) mass is 381 g/mol. The average molecular weight is 382 g/mol. The Balaban J connectivity index is 0.00000182. The van der Waals surface area contributed by atoms with Gasteiger partial charge in [0.25, 0.3) is 0 Å². The molecule has 0 saturated heterocycles. The summed E-state index contributed by atoms with van der Waals surface area (Å²) in [7, 11) is -3.70. The smallest absolute Gasteiger partial charge is 0.206 e. The number of aryl methyl sites for hydroxylation is 1. The van der Waals surface area contributed by atoms with Crippen molar-refractivity contribution in [3.63, 3.8) is 0 Å². The summed E-state index contributed by atoms with van der Waals surface area (Å²) < 4.78 is 44.7. The number of halogens is 2. The molecule has 0 radical (unpaired) electrons. The first-order chi connectivity index (χ1) is 11.5. The number of rotatable bonds is 2. The summed E-state index contributed by atoms with van der Waals surface area (Å²) in [4.78, 5) is 0.284. The minimum absolute atomic E-state index is 0. The molecule has 0 aliphatic carbocycles. The van der Waals surface area contributed by atoms with E-state index in [4.69, 9.17) is 4.42 Å². The third kappa shape index (κ3) is 2.94. The van der Waals surface area contributed by atoms with Crippen molar-refractivity contribution < 1.29 is 17.2 Å². The van der Waals surface area contributed by atoms with Crippen LogP contribution < -0.4 is 5.32 Å². The summed E-state index contributed by atoms with van der Waals surface area (Å²) in [6.07, 6.45) is 0.795. The van der Waals surface area contributed by atoms with E-state index in [1.165, 1.54) is 12.1 Å². The first-order valence-electron chi connectivity index (χ1n) is 7.73. The maximum atomic E-state index is 13.1. The summed E-state index contributed by atoms with van der Waals surface area (Å²) >= 11 is 0. The Hall–Kier alpha value is -1.89. The summed E-state index contributed by atoms with van der Waals surface area (Å²) in [5, 5.41) is 4.12. The molecule has 2 aromatic carbocycles. The lowest BCUT2D eigenvalue weighted by Crippen LogP contribution is -2.22. The van der Waals surface area contributed by atoms with E-state index in [2.05, 4.69) is 5.32 Å². The van der Waals surface area contributed by atoms with Gasteiger partial charge >= 0.3 is 0 Å². The maximum absolute atomic E-state index is 13.1. The van der Waals surface area contributed by atoms with Crippen LogP contribution in [-0.2, 0) is 22.8 Å². The normalized spacial score (nSPS) is 14.2. The fourth-order valence-electron chi connectivity index (χ4n) is 3.15. The lowest BCUT2D eigenvalue weighted by molar-refractivity contribution is 0.499. The molecule has 3 aromatic rings. The number of sulfone groups is 1. The fraction of sp³-hybridized carbons (Fsp3) is 0.222. The Kier molecular flexibility index (Phi) is 4.62. The van der Waals surface area contributed by atoms with Crippen molar-refractivity contribution in [1.82, 2.24) is 5.32 Å². The highest BCUT2D eigenvalue weighted by Crippen LogP contribution is 2.34.